The number of hydrogen-bond donors (Lipinski definition) is 2. The number of benzene rings is 3. The molecule has 0 unspecified atom stereocenters. The lowest BCUT2D eigenvalue weighted by Crippen LogP contribution is -2.05. The second kappa shape index (κ2) is 9.01. The molecule has 0 radical (unpaired) electrons. The number of aromatic nitrogens is 2. The molecule has 0 aliphatic carbocycles. The first-order valence-corrected chi connectivity index (χ1v) is 10.2. The highest BCUT2D eigenvalue weighted by Gasteiger charge is 2.30. The topological polar surface area (TPSA) is 67.2 Å². The number of nitrogens with zero attached hydrogens (tertiary/aromatic N) is 2. The third-order valence-electron chi connectivity index (χ3n) is 5.30. The van der Waals surface area contributed by atoms with Gasteiger partial charge in [-0.15, -0.1) is 0 Å². The molecule has 0 saturated heterocycles. The number of carboxylic acid groups (broad SMARTS) is 1. The van der Waals surface area contributed by atoms with Crippen LogP contribution in [0, 0.1) is 12.7 Å². The molecule has 0 fully saturated rings. The Morgan fingerprint density at radius 2 is 1.71 bits per heavy atom. The Morgan fingerprint density at radius 3 is 2.29 bits per heavy atom. The van der Waals surface area contributed by atoms with Gasteiger partial charge in [-0.3, -0.25) is 0 Å². The Bertz CT molecular complexity index is 1330. The van der Waals surface area contributed by atoms with Crippen molar-refractivity contribution in [1.29, 1.82) is 0 Å². The van der Waals surface area contributed by atoms with Crippen LogP contribution in [0.2, 0.25) is 0 Å². The van der Waals surface area contributed by atoms with Gasteiger partial charge in [-0.1, -0.05) is 12.1 Å². The zero-order valence-electron chi connectivity index (χ0n) is 17.9. The molecule has 0 aliphatic heterocycles. The van der Waals surface area contributed by atoms with Gasteiger partial charge >= 0.3 is 12.1 Å². The lowest BCUT2D eigenvalue weighted by molar-refractivity contribution is -0.137. The van der Waals surface area contributed by atoms with Crippen molar-refractivity contribution >= 4 is 11.7 Å². The van der Waals surface area contributed by atoms with E-state index in [2.05, 4.69) is 10.4 Å². The number of carbonyl (C=O) groups is 1. The monoisotopic (exact) mass is 469 g/mol. The highest BCUT2D eigenvalue weighted by molar-refractivity contribution is 5.88. The van der Waals surface area contributed by atoms with Gasteiger partial charge in [-0.25, -0.2) is 13.9 Å². The van der Waals surface area contributed by atoms with Crippen molar-refractivity contribution < 1.29 is 27.5 Å². The second-order valence-electron chi connectivity index (χ2n) is 7.69. The summed E-state index contributed by atoms with van der Waals surface area (Å²) in [6.45, 7) is 1.94. The van der Waals surface area contributed by atoms with Crippen LogP contribution in [0.15, 0.2) is 72.9 Å². The summed E-state index contributed by atoms with van der Waals surface area (Å²) in [6, 6.07) is 15.4. The molecule has 5 nitrogen and oxygen atoms in total. The van der Waals surface area contributed by atoms with E-state index in [1.165, 1.54) is 35.0 Å². The molecular weight excluding hydrogens is 450 g/mol. The van der Waals surface area contributed by atoms with Crippen molar-refractivity contribution in [3.63, 3.8) is 0 Å². The minimum atomic E-state index is -4.44. The minimum Gasteiger partial charge on any atom is -0.478 e. The number of anilines is 1. The van der Waals surface area contributed by atoms with E-state index in [-0.39, 0.29) is 11.4 Å². The normalized spacial score (nSPS) is 11.4. The van der Waals surface area contributed by atoms with Crippen LogP contribution in [-0.2, 0) is 12.7 Å². The molecule has 34 heavy (non-hydrogen) atoms. The summed E-state index contributed by atoms with van der Waals surface area (Å²) >= 11 is 0. The zero-order chi connectivity index (χ0) is 24.5. The molecule has 0 amide bonds. The Morgan fingerprint density at radius 1 is 1.03 bits per heavy atom. The molecule has 0 spiro atoms. The molecule has 0 saturated carbocycles. The van der Waals surface area contributed by atoms with E-state index in [0.29, 0.717) is 40.3 Å². The summed E-state index contributed by atoms with van der Waals surface area (Å²) in [5.74, 6) is -1.38. The van der Waals surface area contributed by atoms with Crippen LogP contribution in [-0.4, -0.2) is 20.9 Å². The number of hydrogen-bond acceptors (Lipinski definition) is 3. The SMILES string of the molecule is Cc1cc(NCc2cn(-c3ccc(C(F)(F)F)cc3)nc2-c2ccc(C(=O)O)cc2)ccc1F. The van der Waals surface area contributed by atoms with Crippen LogP contribution in [0.4, 0.5) is 23.2 Å². The summed E-state index contributed by atoms with van der Waals surface area (Å²) in [5, 5.41) is 16.9. The van der Waals surface area contributed by atoms with Gasteiger partial charge in [-0.2, -0.15) is 18.3 Å². The number of halogens is 4. The van der Waals surface area contributed by atoms with Crippen molar-refractivity contribution in [3.05, 3.63) is 101 Å². The lowest BCUT2D eigenvalue weighted by Gasteiger charge is -2.08. The van der Waals surface area contributed by atoms with Gasteiger partial charge in [0.15, 0.2) is 0 Å². The van der Waals surface area contributed by atoms with Crippen molar-refractivity contribution in [2.75, 3.05) is 5.32 Å². The summed E-state index contributed by atoms with van der Waals surface area (Å²) in [7, 11) is 0. The highest BCUT2D eigenvalue weighted by Crippen LogP contribution is 2.30. The van der Waals surface area contributed by atoms with E-state index in [9.17, 15) is 22.4 Å². The molecular formula is C25H19F4N3O2. The third kappa shape index (κ3) is 4.93. The highest BCUT2D eigenvalue weighted by atomic mass is 19.4. The first kappa shape index (κ1) is 23.0. The summed E-state index contributed by atoms with van der Waals surface area (Å²) in [4.78, 5) is 11.2. The minimum absolute atomic E-state index is 0.118. The molecule has 1 aromatic heterocycles. The van der Waals surface area contributed by atoms with E-state index >= 15 is 0 Å². The number of aromatic carboxylic acids is 1. The maximum atomic E-state index is 13.6. The maximum absolute atomic E-state index is 13.6. The molecule has 3 aromatic carbocycles. The fourth-order valence-electron chi connectivity index (χ4n) is 3.44. The van der Waals surface area contributed by atoms with Crippen molar-refractivity contribution in [2.24, 2.45) is 0 Å². The van der Waals surface area contributed by atoms with Crippen molar-refractivity contribution in [3.8, 4) is 16.9 Å². The van der Waals surface area contributed by atoms with E-state index in [1.807, 2.05) is 0 Å². The largest absolute Gasteiger partial charge is 0.478 e. The van der Waals surface area contributed by atoms with E-state index in [1.54, 1.807) is 37.4 Å². The molecule has 4 rings (SSSR count). The Kier molecular flexibility index (Phi) is 6.10. The fraction of sp³-hybridized carbons (Fsp3) is 0.120. The van der Waals surface area contributed by atoms with E-state index in [4.69, 9.17) is 5.11 Å². The van der Waals surface area contributed by atoms with Crippen LogP contribution in [0.1, 0.15) is 27.0 Å². The smallest absolute Gasteiger partial charge is 0.416 e. The van der Waals surface area contributed by atoms with E-state index in [0.717, 1.165) is 12.1 Å². The quantitative estimate of drug-likeness (QED) is 0.325. The molecule has 0 atom stereocenters. The molecule has 174 valence electrons. The van der Waals surface area contributed by atoms with E-state index < -0.39 is 17.7 Å². The fourth-order valence-corrected chi connectivity index (χ4v) is 3.44. The average Bonchev–Trinajstić information content (AvgIpc) is 3.24. The first-order valence-electron chi connectivity index (χ1n) is 10.2. The Balaban J connectivity index is 1.69. The zero-order valence-corrected chi connectivity index (χ0v) is 17.9. The predicted molar refractivity (Wildman–Crippen MR) is 119 cm³/mol. The number of carboxylic acids is 1. The van der Waals surface area contributed by atoms with Crippen LogP contribution in [0.25, 0.3) is 16.9 Å². The molecule has 4 aromatic rings. The standard InChI is InChI=1S/C25H19F4N3O2/c1-15-12-20(8-11-22(15)26)30-13-18-14-32(21-9-6-19(7-10-21)25(27,28)29)31-23(18)16-2-4-17(5-3-16)24(33)34/h2-12,14,30H,13H2,1H3,(H,33,34). The van der Waals surface area contributed by atoms with Gasteiger partial charge in [0.2, 0.25) is 0 Å². The number of rotatable bonds is 6. The summed E-state index contributed by atoms with van der Waals surface area (Å²) < 4.78 is 53.8. The van der Waals surface area contributed by atoms with Gasteiger partial charge in [0.25, 0.3) is 0 Å². The second-order valence-corrected chi connectivity index (χ2v) is 7.69. The Labute approximate surface area is 192 Å². The van der Waals surface area contributed by atoms with Gasteiger partial charge in [0, 0.05) is 29.6 Å². The van der Waals surface area contributed by atoms with Crippen LogP contribution in [0.5, 0.6) is 0 Å². The first-order chi connectivity index (χ1) is 16.1. The van der Waals surface area contributed by atoms with Crippen molar-refractivity contribution in [2.45, 2.75) is 19.6 Å². The predicted octanol–water partition coefficient (Wildman–Crippen LogP) is 6.32. The average molecular weight is 469 g/mol. The van der Waals surface area contributed by atoms with Crippen LogP contribution < -0.4 is 5.32 Å². The van der Waals surface area contributed by atoms with Crippen molar-refractivity contribution in [1.82, 2.24) is 9.78 Å². The van der Waals surface area contributed by atoms with Gasteiger partial charge in [0.1, 0.15) is 5.82 Å². The number of alkyl halides is 3. The van der Waals surface area contributed by atoms with Gasteiger partial charge < -0.3 is 10.4 Å². The summed E-state index contributed by atoms with van der Waals surface area (Å²) in [5.41, 5.74) is 2.84. The van der Waals surface area contributed by atoms with Gasteiger partial charge in [-0.05, 0) is 67.1 Å². The molecule has 0 aliphatic rings. The molecule has 9 heteroatoms. The van der Waals surface area contributed by atoms with Crippen LogP contribution >= 0.6 is 0 Å². The molecule has 2 N–H and O–H groups in total. The summed E-state index contributed by atoms with van der Waals surface area (Å²) in [6.07, 6.45) is -2.76. The number of aryl methyl sites for hydroxylation is 1. The molecule has 0 bridgehead atoms. The number of nitrogens with one attached hydrogen (secondary N) is 1. The third-order valence-corrected chi connectivity index (χ3v) is 5.30. The molecule has 1 heterocycles. The van der Waals surface area contributed by atoms with Crippen LogP contribution in [0.3, 0.4) is 0 Å². The lowest BCUT2D eigenvalue weighted by atomic mass is 10.1. The van der Waals surface area contributed by atoms with Gasteiger partial charge in [0.05, 0.1) is 22.5 Å². The Hall–Kier alpha value is -4.14. The maximum Gasteiger partial charge on any atom is 0.416 e.